The number of hydrogen-bond acceptors (Lipinski definition) is 2. The average Bonchev–Trinajstić information content (AvgIpc) is 2.87. The molecular weight excluding hydrogens is 278 g/mol. The quantitative estimate of drug-likeness (QED) is 0.838. The molecule has 4 nitrogen and oxygen atoms in total. The number of carbonyl (C=O) groups is 2. The van der Waals surface area contributed by atoms with Gasteiger partial charge in [-0.3, -0.25) is 9.59 Å². The van der Waals surface area contributed by atoms with Crippen molar-refractivity contribution < 1.29 is 18.4 Å². The van der Waals surface area contributed by atoms with Gasteiger partial charge in [-0.1, -0.05) is 12.2 Å². The van der Waals surface area contributed by atoms with E-state index in [0.717, 1.165) is 25.0 Å². The summed E-state index contributed by atoms with van der Waals surface area (Å²) in [5.74, 6) is -2.74. The minimum Gasteiger partial charge on any atom is -0.324 e. The third kappa shape index (κ3) is 4.11. The van der Waals surface area contributed by atoms with Crippen molar-refractivity contribution in [1.29, 1.82) is 0 Å². The highest BCUT2D eigenvalue weighted by molar-refractivity contribution is 5.99. The molecule has 2 amide bonds. The highest BCUT2D eigenvalue weighted by Gasteiger charge is 2.17. The Morgan fingerprint density at radius 2 is 1.81 bits per heavy atom. The van der Waals surface area contributed by atoms with Crippen LogP contribution >= 0.6 is 0 Å². The number of hydrogen-bond donors (Lipinski definition) is 2. The smallest absolute Gasteiger partial charge is 0.225 e. The van der Waals surface area contributed by atoms with E-state index in [4.69, 9.17) is 0 Å². The van der Waals surface area contributed by atoms with Gasteiger partial charge in [0.15, 0.2) is 11.6 Å². The molecule has 112 valence electrons. The molecule has 0 aromatic heterocycles. The van der Waals surface area contributed by atoms with Gasteiger partial charge >= 0.3 is 0 Å². The lowest BCUT2D eigenvalue weighted by Gasteiger charge is -2.13. The van der Waals surface area contributed by atoms with Gasteiger partial charge in [-0.05, 0) is 18.8 Å². The van der Waals surface area contributed by atoms with Crippen molar-refractivity contribution in [2.75, 3.05) is 10.6 Å². The van der Waals surface area contributed by atoms with E-state index < -0.39 is 17.5 Å². The maximum Gasteiger partial charge on any atom is 0.225 e. The summed E-state index contributed by atoms with van der Waals surface area (Å²) in [4.78, 5) is 23.0. The molecule has 1 aromatic carbocycles. The second-order valence-electron chi connectivity index (χ2n) is 5.01. The van der Waals surface area contributed by atoms with Crippen molar-refractivity contribution in [2.24, 2.45) is 5.92 Å². The van der Waals surface area contributed by atoms with Gasteiger partial charge in [-0.15, -0.1) is 0 Å². The molecule has 0 spiro atoms. The molecular formula is C15H16F2N2O2. The number of benzene rings is 1. The van der Waals surface area contributed by atoms with Crippen LogP contribution in [0.1, 0.15) is 26.2 Å². The van der Waals surface area contributed by atoms with Gasteiger partial charge in [0.1, 0.15) is 0 Å². The van der Waals surface area contributed by atoms with E-state index in [1.165, 1.54) is 6.92 Å². The molecule has 1 aliphatic carbocycles. The molecule has 1 aromatic rings. The maximum absolute atomic E-state index is 13.3. The molecule has 2 rings (SSSR count). The second kappa shape index (κ2) is 6.47. The van der Waals surface area contributed by atoms with Crippen molar-refractivity contribution in [1.82, 2.24) is 0 Å². The van der Waals surface area contributed by atoms with Crippen LogP contribution in [0, 0.1) is 17.6 Å². The lowest BCUT2D eigenvalue weighted by molar-refractivity contribution is -0.117. The van der Waals surface area contributed by atoms with Crippen LogP contribution in [0.25, 0.3) is 0 Å². The number of allylic oxidation sites excluding steroid dienone is 2. The highest BCUT2D eigenvalue weighted by atomic mass is 19.2. The number of rotatable bonds is 4. The van der Waals surface area contributed by atoms with Crippen LogP contribution in [0.4, 0.5) is 20.2 Å². The summed E-state index contributed by atoms with van der Waals surface area (Å²) < 4.78 is 26.5. The van der Waals surface area contributed by atoms with Crippen LogP contribution in [0.3, 0.4) is 0 Å². The lowest BCUT2D eigenvalue weighted by atomic mass is 10.0. The Labute approximate surface area is 121 Å². The topological polar surface area (TPSA) is 58.2 Å². The van der Waals surface area contributed by atoms with Gasteiger partial charge in [0, 0.05) is 25.5 Å². The van der Waals surface area contributed by atoms with Gasteiger partial charge in [0.2, 0.25) is 11.8 Å². The SMILES string of the molecule is CC(=O)Nc1cc(F)c(F)cc1NC(=O)CC1C=CCC1. The first-order valence-electron chi connectivity index (χ1n) is 6.69. The highest BCUT2D eigenvalue weighted by Crippen LogP contribution is 2.27. The molecule has 2 N–H and O–H groups in total. The van der Waals surface area contributed by atoms with Crippen LogP contribution in [0.15, 0.2) is 24.3 Å². The number of amides is 2. The first-order valence-corrected chi connectivity index (χ1v) is 6.69. The minimum atomic E-state index is -1.09. The summed E-state index contributed by atoms with van der Waals surface area (Å²) in [5, 5.41) is 4.88. The zero-order valence-electron chi connectivity index (χ0n) is 11.6. The Balaban J connectivity index is 2.13. The Hall–Kier alpha value is -2.24. The monoisotopic (exact) mass is 294 g/mol. The fraction of sp³-hybridized carbons (Fsp3) is 0.333. The summed E-state index contributed by atoms with van der Waals surface area (Å²) in [6.07, 6.45) is 6.11. The minimum absolute atomic E-state index is 0.0386. The number of carbonyl (C=O) groups excluding carboxylic acids is 2. The van der Waals surface area contributed by atoms with E-state index in [9.17, 15) is 18.4 Å². The summed E-state index contributed by atoms with van der Waals surface area (Å²) in [7, 11) is 0. The van der Waals surface area contributed by atoms with Crippen LogP contribution in [0.2, 0.25) is 0 Å². The molecule has 0 aliphatic heterocycles. The summed E-state index contributed by atoms with van der Waals surface area (Å²) >= 11 is 0. The average molecular weight is 294 g/mol. The number of halogens is 2. The zero-order chi connectivity index (χ0) is 15.4. The van der Waals surface area contributed by atoms with Crippen LogP contribution in [0.5, 0.6) is 0 Å². The largest absolute Gasteiger partial charge is 0.324 e. The van der Waals surface area contributed by atoms with E-state index in [0.29, 0.717) is 0 Å². The van der Waals surface area contributed by atoms with E-state index in [1.54, 1.807) is 0 Å². The predicted octanol–water partition coefficient (Wildman–Crippen LogP) is 3.22. The van der Waals surface area contributed by atoms with E-state index in [-0.39, 0.29) is 29.6 Å². The Morgan fingerprint density at radius 1 is 1.19 bits per heavy atom. The van der Waals surface area contributed by atoms with Gasteiger partial charge < -0.3 is 10.6 Å². The molecule has 0 heterocycles. The van der Waals surface area contributed by atoms with E-state index >= 15 is 0 Å². The molecule has 1 unspecified atom stereocenters. The van der Waals surface area contributed by atoms with Crippen molar-refractivity contribution in [3.8, 4) is 0 Å². The normalized spacial score (nSPS) is 16.8. The molecule has 0 saturated carbocycles. The second-order valence-corrected chi connectivity index (χ2v) is 5.01. The van der Waals surface area contributed by atoms with Crippen molar-refractivity contribution in [3.63, 3.8) is 0 Å². The predicted molar refractivity (Wildman–Crippen MR) is 75.8 cm³/mol. The number of anilines is 2. The first kappa shape index (κ1) is 15.2. The van der Waals surface area contributed by atoms with Crippen molar-refractivity contribution in [2.45, 2.75) is 26.2 Å². The lowest BCUT2D eigenvalue weighted by Crippen LogP contribution is -2.17. The summed E-state index contributed by atoms with van der Waals surface area (Å²) in [6.45, 7) is 1.25. The van der Waals surface area contributed by atoms with E-state index in [1.807, 2.05) is 12.2 Å². The van der Waals surface area contributed by atoms with Gasteiger partial charge in [-0.25, -0.2) is 8.78 Å². The van der Waals surface area contributed by atoms with Crippen molar-refractivity contribution in [3.05, 3.63) is 35.9 Å². The number of nitrogens with one attached hydrogen (secondary N) is 2. The molecule has 0 radical (unpaired) electrons. The molecule has 0 saturated heterocycles. The van der Waals surface area contributed by atoms with Crippen molar-refractivity contribution >= 4 is 23.2 Å². The molecule has 1 aliphatic rings. The van der Waals surface area contributed by atoms with Crippen LogP contribution in [-0.2, 0) is 9.59 Å². The van der Waals surface area contributed by atoms with Crippen LogP contribution < -0.4 is 10.6 Å². The molecule has 6 heteroatoms. The first-order chi connectivity index (χ1) is 9.95. The van der Waals surface area contributed by atoms with Gasteiger partial charge in [-0.2, -0.15) is 0 Å². The van der Waals surface area contributed by atoms with Gasteiger partial charge in [0.05, 0.1) is 11.4 Å². The maximum atomic E-state index is 13.3. The van der Waals surface area contributed by atoms with Crippen LogP contribution in [-0.4, -0.2) is 11.8 Å². The summed E-state index contributed by atoms with van der Waals surface area (Å²) in [6, 6.07) is 1.71. The molecule has 0 fully saturated rings. The van der Waals surface area contributed by atoms with E-state index in [2.05, 4.69) is 10.6 Å². The Bertz CT molecular complexity index is 600. The standard InChI is InChI=1S/C15H16F2N2O2/c1-9(20)18-13-7-11(16)12(17)8-14(13)19-15(21)6-10-4-2-3-5-10/h2,4,7-8,10H,3,5-6H2,1H3,(H,18,20)(H,19,21). The Kier molecular flexibility index (Phi) is 4.67. The molecule has 1 atom stereocenters. The fourth-order valence-electron chi connectivity index (χ4n) is 2.25. The zero-order valence-corrected chi connectivity index (χ0v) is 11.6. The summed E-state index contributed by atoms with van der Waals surface area (Å²) in [5.41, 5.74) is 0.0905. The third-order valence-corrected chi connectivity index (χ3v) is 3.21. The molecule has 21 heavy (non-hydrogen) atoms. The fourth-order valence-corrected chi connectivity index (χ4v) is 2.25. The Morgan fingerprint density at radius 3 is 2.33 bits per heavy atom. The van der Waals surface area contributed by atoms with Gasteiger partial charge in [0.25, 0.3) is 0 Å². The molecule has 0 bridgehead atoms. The third-order valence-electron chi connectivity index (χ3n) is 3.21.